The van der Waals surface area contributed by atoms with Crippen molar-refractivity contribution in [3.8, 4) is 11.5 Å². The standard InChI is InChI=1S/C20H24O11/c21-8-13-15(24)16(25)17(26)18(31-13)30-12-5-4-11(22)7-10(12)9-29-19(27)20(28)6-2-1-3-14(20)23/h2,4-7,13,15-18,21-22,24-26,28H,1,3,8-9H2/t13-,15-,16+,17-,18-,20-/m1/s1. The number of phenolic OH excluding ortho intramolecular Hbond substituents is 1. The first-order valence-corrected chi connectivity index (χ1v) is 9.57. The Morgan fingerprint density at radius 1 is 1.19 bits per heavy atom. The fourth-order valence-corrected chi connectivity index (χ4v) is 3.27. The van der Waals surface area contributed by atoms with Crippen LogP contribution in [-0.2, 0) is 25.7 Å². The van der Waals surface area contributed by atoms with Crippen LogP contribution < -0.4 is 4.74 Å². The van der Waals surface area contributed by atoms with Gasteiger partial charge >= 0.3 is 5.97 Å². The van der Waals surface area contributed by atoms with Crippen LogP contribution in [0.5, 0.6) is 11.5 Å². The summed E-state index contributed by atoms with van der Waals surface area (Å²) in [6, 6.07) is 3.71. The summed E-state index contributed by atoms with van der Waals surface area (Å²) < 4.78 is 15.9. The summed E-state index contributed by atoms with van der Waals surface area (Å²) in [6.45, 7) is -1.16. The van der Waals surface area contributed by atoms with Crippen molar-refractivity contribution < 1.29 is 54.4 Å². The van der Waals surface area contributed by atoms with Gasteiger partial charge in [0.25, 0.3) is 0 Å². The maximum Gasteiger partial charge on any atom is 0.350 e. The lowest BCUT2D eigenvalue weighted by molar-refractivity contribution is -0.277. The Bertz CT molecular complexity index is 852. The molecule has 170 valence electrons. The molecule has 2 aliphatic rings. The molecule has 6 N–H and O–H groups in total. The SMILES string of the molecule is O=C1CCC=C[C@]1(O)C(=O)OCc1cc(O)ccc1O[C@@H]1O[C@H](CO)[C@@H](O)[C@H](O)[C@H]1O. The Morgan fingerprint density at radius 2 is 1.94 bits per heavy atom. The summed E-state index contributed by atoms with van der Waals surface area (Å²) in [6.07, 6.45) is -4.65. The molecule has 0 unspecified atom stereocenters. The number of ketones is 1. The molecule has 1 aromatic rings. The van der Waals surface area contributed by atoms with E-state index in [2.05, 4.69) is 0 Å². The van der Waals surface area contributed by atoms with Crippen molar-refractivity contribution in [1.29, 1.82) is 0 Å². The molecule has 0 radical (unpaired) electrons. The van der Waals surface area contributed by atoms with Crippen LogP contribution in [0.4, 0.5) is 0 Å². The molecule has 0 amide bonds. The molecular weight excluding hydrogens is 416 g/mol. The highest BCUT2D eigenvalue weighted by molar-refractivity contribution is 6.09. The van der Waals surface area contributed by atoms with Gasteiger partial charge in [0.2, 0.25) is 11.9 Å². The van der Waals surface area contributed by atoms with Gasteiger partial charge in [-0.05, 0) is 30.7 Å². The second-order valence-electron chi connectivity index (χ2n) is 7.31. The zero-order chi connectivity index (χ0) is 22.8. The first-order chi connectivity index (χ1) is 14.7. The molecule has 0 aromatic heterocycles. The number of aliphatic hydroxyl groups excluding tert-OH is 4. The van der Waals surface area contributed by atoms with Gasteiger partial charge in [0.1, 0.15) is 42.5 Å². The lowest BCUT2D eigenvalue weighted by Crippen LogP contribution is -2.60. The molecule has 1 aromatic carbocycles. The Labute approximate surface area is 176 Å². The van der Waals surface area contributed by atoms with Gasteiger partial charge in [-0.2, -0.15) is 0 Å². The van der Waals surface area contributed by atoms with Gasteiger partial charge in [0, 0.05) is 12.0 Å². The molecule has 6 atom stereocenters. The third-order valence-electron chi connectivity index (χ3n) is 5.13. The van der Waals surface area contributed by atoms with Crippen LogP contribution in [0.25, 0.3) is 0 Å². The molecule has 1 heterocycles. The molecule has 3 rings (SSSR count). The number of phenols is 1. The van der Waals surface area contributed by atoms with E-state index in [4.69, 9.17) is 14.2 Å². The van der Waals surface area contributed by atoms with E-state index in [1.54, 1.807) is 0 Å². The van der Waals surface area contributed by atoms with Gasteiger partial charge in [0.05, 0.1) is 6.61 Å². The Morgan fingerprint density at radius 3 is 2.61 bits per heavy atom. The van der Waals surface area contributed by atoms with Crippen molar-refractivity contribution in [2.45, 2.75) is 55.8 Å². The highest BCUT2D eigenvalue weighted by Crippen LogP contribution is 2.30. The molecule has 0 spiro atoms. The number of hydrogen-bond donors (Lipinski definition) is 6. The van der Waals surface area contributed by atoms with E-state index in [0.717, 1.165) is 6.08 Å². The van der Waals surface area contributed by atoms with Gasteiger partial charge in [0.15, 0.2) is 5.78 Å². The highest BCUT2D eigenvalue weighted by atomic mass is 16.7. The first kappa shape index (κ1) is 23.1. The fourth-order valence-electron chi connectivity index (χ4n) is 3.27. The van der Waals surface area contributed by atoms with Crippen LogP contribution >= 0.6 is 0 Å². The lowest BCUT2D eigenvalue weighted by atomic mass is 9.90. The average Bonchev–Trinajstić information content (AvgIpc) is 2.75. The number of rotatable bonds is 6. The molecule has 0 saturated carbocycles. The maximum absolute atomic E-state index is 12.3. The number of aromatic hydroxyl groups is 1. The van der Waals surface area contributed by atoms with Crippen LogP contribution in [0.1, 0.15) is 18.4 Å². The molecule has 11 heteroatoms. The predicted octanol–water partition coefficient (Wildman–Crippen LogP) is -1.74. The quantitative estimate of drug-likeness (QED) is 0.168. The van der Waals surface area contributed by atoms with Gasteiger partial charge in [-0.1, -0.05) is 6.08 Å². The predicted molar refractivity (Wildman–Crippen MR) is 101 cm³/mol. The van der Waals surface area contributed by atoms with Crippen LogP contribution in [-0.4, -0.2) is 85.3 Å². The van der Waals surface area contributed by atoms with Crippen molar-refractivity contribution in [3.05, 3.63) is 35.9 Å². The number of esters is 1. The average molecular weight is 440 g/mol. The summed E-state index contributed by atoms with van der Waals surface area (Å²) in [5.74, 6) is -2.13. The summed E-state index contributed by atoms with van der Waals surface area (Å²) in [7, 11) is 0. The van der Waals surface area contributed by atoms with Crippen molar-refractivity contribution in [1.82, 2.24) is 0 Å². The van der Waals surface area contributed by atoms with Crippen molar-refractivity contribution in [2.75, 3.05) is 6.61 Å². The molecule has 31 heavy (non-hydrogen) atoms. The smallest absolute Gasteiger partial charge is 0.350 e. The van der Waals surface area contributed by atoms with E-state index in [-0.39, 0.29) is 23.5 Å². The third kappa shape index (κ3) is 4.71. The minimum atomic E-state index is -2.40. The number of Topliss-reactive ketones (excluding diaryl/α,β-unsaturated/α-hetero) is 1. The summed E-state index contributed by atoms with van der Waals surface area (Å²) in [4.78, 5) is 24.2. The molecular formula is C20H24O11. The Balaban J connectivity index is 1.75. The minimum absolute atomic E-state index is 0.0142. The number of aliphatic hydroxyl groups is 5. The molecule has 1 saturated heterocycles. The zero-order valence-corrected chi connectivity index (χ0v) is 16.3. The van der Waals surface area contributed by atoms with Crippen LogP contribution in [0, 0.1) is 0 Å². The van der Waals surface area contributed by atoms with Gasteiger partial charge in [-0.3, -0.25) is 4.79 Å². The largest absolute Gasteiger partial charge is 0.508 e. The van der Waals surface area contributed by atoms with Gasteiger partial charge < -0.3 is 44.8 Å². The van der Waals surface area contributed by atoms with E-state index in [1.807, 2.05) is 0 Å². The topological polar surface area (TPSA) is 183 Å². The van der Waals surface area contributed by atoms with Crippen molar-refractivity contribution >= 4 is 11.8 Å². The number of hydrogen-bond acceptors (Lipinski definition) is 11. The number of carbonyl (C=O) groups is 2. The molecule has 11 nitrogen and oxygen atoms in total. The Kier molecular flexibility index (Phi) is 6.94. The fraction of sp³-hybridized carbons (Fsp3) is 0.500. The molecule has 1 aliphatic carbocycles. The minimum Gasteiger partial charge on any atom is -0.508 e. The second-order valence-corrected chi connectivity index (χ2v) is 7.31. The second kappa shape index (κ2) is 9.30. The van der Waals surface area contributed by atoms with Crippen molar-refractivity contribution in [3.63, 3.8) is 0 Å². The van der Waals surface area contributed by atoms with Crippen LogP contribution in [0.2, 0.25) is 0 Å². The van der Waals surface area contributed by atoms with E-state index < -0.39 is 61.3 Å². The molecule has 0 bridgehead atoms. The number of allylic oxidation sites excluding steroid dienone is 1. The van der Waals surface area contributed by atoms with Crippen molar-refractivity contribution in [2.24, 2.45) is 0 Å². The zero-order valence-electron chi connectivity index (χ0n) is 16.3. The van der Waals surface area contributed by atoms with Crippen LogP contribution in [0.3, 0.4) is 0 Å². The van der Waals surface area contributed by atoms with Crippen LogP contribution in [0.15, 0.2) is 30.4 Å². The molecule has 1 aliphatic heterocycles. The summed E-state index contributed by atoms with van der Waals surface area (Å²) in [5.41, 5.74) is -2.30. The normalized spacial score (nSPS) is 33.2. The monoisotopic (exact) mass is 440 g/mol. The molecule has 1 fully saturated rings. The summed E-state index contributed by atoms with van der Waals surface area (Å²) in [5, 5.41) is 59.2. The third-order valence-corrected chi connectivity index (χ3v) is 5.13. The highest BCUT2D eigenvalue weighted by Gasteiger charge is 2.45. The number of carbonyl (C=O) groups excluding carboxylic acids is 2. The van der Waals surface area contributed by atoms with E-state index in [1.165, 1.54) is 24.3 Å². The van der Waals surface area contributed by atoms with E-state index in [9.17, 15) is 40.2 Å². The van der Waals surface area contributed by atoms with E-state index in [0.29, 0.717) is 6.42 Å². The Hall–Kier alpha value is -2.54. The number of ether oxygens (including phenoxy) is 3. The van der Waals surface area contributed by atoms with Gasteiger partial charge in [-0.25, -0.2) is 4.79 Å². The van der Waals surface area contributed by atoms with Gasteiger partial charge in [-0.15, -0.1) is 0 Å². The lowest BCUT2D eigenvalue weighted by Gasteiger charge is -2.39. The summed E-state index contributed by atoms with van der Waals surface area (Å²) >= 11 is 0. The van der Waals surface area contributed by atoms with E-state index >= 15 is 0 Å². The number of benzene rings is 1. The maximum atomic E-state index is 12.3. The first-order valence-electron chi connectivity index (χ1n) is 9.57.